The molecule has 0 aliphatic heterocycles. The minimum absolute atomic E-state index is 0.996. The third kappa shape index (κ3) is 2.73. The van der Waals surface area contributed by atoms with Crippen molar-refractivity contribution in [2.24, 2.45) is 5.10 Å². The van der Waals surface area contributed by atoms with E-state index in [-0.39, 0.29) is 0 Å². The van der Waals surface area contributed by atoms with Gasteiger partial charge in [0.1, 0.15) is 0 Å². The van der Waals surface area contributed by atoms with Gasteiger partial charge >= 0.3 is 0 Å². The average molecular weight is 188 g/mol. The van der Waals surface area contributed by atoms with E-state index in [2.05, 4.69) is 36.8 Å². The molecule has 0 bridgehead atoms. The van der Waals surface area contributed by atoms with E-state index in [1.165, 1.54) is 5.56 Å². The summed E-state index contributed by atoms with van der Waals surface area (Å²) in [5, 5.41) is 6.04. The first-order chi connectivity index (χ1) is 6.63. The molecule has 0 heterocycles. The molecule has 0 fully saturated rings. The minimum atomic E-state index is 0.996. The van der Waals surface area contributed by atoms with Crippen LogP contribution >= 0.6 is 0 Å². The van der Waals surface area contributed by atoms with Gasteiger partial charge in [-0.05, 0) is 19.4 Å². The van der Waals surface area contributed by atoms with Gasteiger partial charge in [-0.1, -0.05) is 36.4 Å². The zero-order valence-electron chi connectivity index (χ0n) is 8.99. The van der Waals surface area contributed by atoms with Crippen LogP contribution in [0.5, 0.6) is 0 Å². The normalized spacial score (nSPS) is 11.2. The van der Waals surface area contributed by atoms with Crippen molar-refractivity contribution in [1.29, 1.82) is 0 Å². The van der Waals surface area contributed by atoms with Gasteiger partial charge in [-0.2, -0.15) is 5.10 Å². The van der Waals surface area contributed by atoms with Crippen LogP contribution in [0.3, 0.4) is 0 Å². The number of benzene rings is 1. The van der Waals surface area contributed by atoms with E-state index in [9.17, 15) is 0 Å². The largest absolute Gasteiger partial charge is 0.276 e. The molecule has 1 aromatic rings. The summed E-state index contributed by atoms with van der Waals surface area (Å²) in [7, 11) is 1.87. The van der Waals surface area contributed by atoms with Crippen molar-refractivity contribution >= 4 is 5.71 Å². The van der Waals surface area contributed by atoms with Crippen molar-refractivity contribution in [3.8, 4) is 0 Å². The molecular weight excluding hydrogens is 172 g/mol. The second-order valence-corrected chi connectivity index (χ2v) is 3.31. The first kappa shape index (κ1) is 10.5. The lowest BCUT2D eigenvalue weighted by atomic mass is 10.1. The highest BCUT2D eigenvalue weighted by Gasteiger charge is 1.97. The lowest BCUT2D eigenvalue weighted by Gasteiger charge is -2.08. The Morgan fingerprint density at radius 2 is 2.21 bits per heavy atom. The summed E-state index contributed by atoms with van der Waals surface area (Å²) in [5.41, 5.74) is 3.40. The van der Waals surface area contributed by atoms with E-state index in [4.69, 9.17) is 0 Å². The van der Waals surface area contributed by atoms with E-state index < -0.39 is 0 Å². The zero-order valence-corrected chi connectivity index (χ0v) is 8.99. The Kier molecular flexibility index (Phi) is 3.46. The van der Waals surface area contributed by atoms with Gasteiger partial charge in [0.05, 0.1) is 5.71 Å². The number of hydrogen-bond donors (Lipinski definition) is 0. The van der Waals surface area contributed by atoms with Crippen molar-refractivity contribution in [2.45, 2.75) is 13.8 Å². The Labute approximate surface area is 85.6 Å². The molecule has 0 radical (unpaired) electrons. The van der Waals surface area contributed by atoms with E-state index >= 15 is 0 Å². The highest BCUT2D eigenvalue weighted by molar-refractivity contribution is 5.98. The van der Waals surface area contributed by atoms with Gasteiger partial charge in [0.25, 0.3) is 0 Å². The van der Waals surface area contributed by atoms with Crippen LogP contribution in [0, 0.1) is 6.92 Å². The van der Waals surface area contributed by atoms with Crippen LogP contribution in [-0.2, 0) is 0 Å². The van der Waals surface area contributed by atoms with Gasteiger partial charge in [0.15, 0.2) is 0 Å². The van der Waals surface area contributed by atoms with Crippen molar-refractivity contribution in [2.75, 3.05) is 7.05 Å². The molecule has 0 aliphatic carbocycles. The Morgan fingerprint density at radius 1 is 1.50 bits per heavy atom. The first-order valence-corrected chi connectivity index (χ1v) is 4.61. The summed E-state index contributed by atoms with van der Waals surface area (Å²) >= 11 is 0. The smallest absolute Gasteiger partial charge is 0.0650 e. The molecule has 0 aliphatic rings. The molecule has 74 valence electrons. The van der Waals surface area contributed by atoms with E-state index in [1.807, 2.05) is 20.0 Å². The second-order valence-electron chi connectivity index (χ2n) is 3.31. The summed E-state index contributed by atoms with van der Waals surface area (Å²) in [4.78, 5) is 0. The van der Waals surface area contributed by atoms with Crippen LogP contribution in [0.25, 0.3) is 0 Å². The molecule has 0 unspecified atom stereocenters. The van der Waals surface area contributed by atoms with Crippen LogP contribution < -0.4 is 0 Å². The molecular formula is C12H16N2. The molecule has 2 heteroatoms. The van der Waals surface area contributed by atoms with Crippen LogP contribution in [0.15, 0.2) is 42.1 Å². The maximum Gasteiger partial charge on any atom is 0.0650 e. The lowest BCUT2D eigenvalue weighted by molar-refractivity contribution is 0.492. The lowest BCUT2D eigenvalue weighted by Crippen LogP contribution is -2.06. The monoisotopic (exact) mass is 188 g/mol. The van der Waals surface area contributed by atoms with E-state index in [0.29, 0.717) is 0 Å². The standard InChI is InChI=1S/C12H16N2/c1-5-14(4)13-11(3)12-8-6-7-10(2)9-12/h5-9H,1H2,2-4H3/b13-11+. The van der Waals surface area contributed by atoms with E-state index in [0.717, 1.165) is 11.3 Å². The maximum absolute atomic E-state index is 4.34. The Hall–Kier alpha value is -1.57. The molecule has 0 N–H and O–H groups in total. The summed E-state index contributed by atoms with van der Waals surface area (Å²) in [6.07, 6.45) is 1.68. The predicted molar refractivity (Wildman–Crippen MR) is 61.4 cm³/mol. The molecule has 1 aromatic carbocycles. The van der Waals surface area contributed by atoms with Gasteiger partial charge in [0, 0.05) is 13.2 Å². The Morgan fingerprint density at radius 3 is 2.79 bits per heavy atom. The highest BCUT2D eigenvalue weighted by atomic mass is 15.4. The average Bonchev–Trinajstić information content (AvgIpc) is 2.17. The van der Waals surface area contributed by atoms with Gasteiger partial charge in [-0.3, -0.25) is 5.01 Å². The van der Waals surface area contributed by atoms with Gasteiger partial charge in [-0.25, -0.2) is 0 Å². The van der Waals surface area contributed by atoms with Gasteiger partial charge in [-0.15, -0.1) is 0 Å². The van der Waals surface area contributed by atoms with E-state index in [1.54, 1.807) is 11.2 Å². The number of rotatable bonds is 3. The molecule has 0 spiro atoms. The van der Waals surface area contributed by atoms with Crippen LogP contribution in [-0.4, -0.2) is 17.8 Å². The fraction of sp³-hybridized carbons (Fsp3) is 0.250. The third-order valence-corrected chi connectivity index (χ3v) is 2.01. The van der Waals surface area contributed by atoms with Crippen molar-refractivity contribution < 1.29 is 0 Å². The fourth-order valence-corrected chi connectivity index (χ4v) is 1.21. The van der Waals surface area contributed by atoms with Crippen LogP contribution in [0.1, 0.15) is 18.1 Å². The molecule has 1 rings (SSSR count). The van der Waals surface area contributed by atoms with Crippen molar-refractivity contribution in [1.82, 2.24) is 5.01 Å². The summed E-state index contributed by atoms with van der Waals surface area (Å²) in [6.45, 7) is 7.72. The minimum Gasteiger partial charge on any atom is -0.276 e. The molecule has 0 amide bonds. The number of nitrogens with zero attached hydrogens (tertiary/aromatic N) is 2. The Bertz CT molecular complexity index is 353. The number of aryl methyl sites for hydroxylation is 1. The maximum atomic E-state index is 4.34. The number of hydrogen-bond acceptors (Lipinski definition) is 2. The fourth-order valence-electron chi connectivity index (χ4n) is 1.21. The zero-order chi connectivity index (χ0) is 10.6. The molecule has 0 atom stereocenters. The molecule has 0 aromatic heterocycles. The predicted octanol–water partition coefficient (Wildman–Crippen LogP) is 2.79. The quantitative estimate of drug-likeness (QED) is 0.526. The topological polar surface area (TPSA) is 15.6 Å². The summed E-state index contributed by atoms with van der Waals surface area (Å²) in [6, 6.07) is 8.30. The van der Waals surface area contributed by atoms with Crippen LogP contribution in [0.2, 0.25) is 0 Å². The van der Waals surface area contributed by atoms with Gasteiger partial charge < -0.3 is 0 Å². The SMILES string of the molecule is C=CN(C)/N=C(\C)c1cccc(C)c1. The summed E-state index contributed by atoms with van der Waals surface area (Å²) in [5.74, 6) is 0. The van der Waals surface area contributed by atoms with Crippen molar-refractivity contribution in [3.63, 3.8) is 0 Å². The first-order valence-electron chi connectivity index (χ1n) is 4.61. The molecule has 14 heavy (non-hydrogen) atoms. The molecule has 0 saturated carbocycles. The number of hydrazone groups is 1. The van der Waals surface area contributed by atoms with Gasteiger partial charge in [0.2, 0.25) is 0 Å². The second kappa shape index (κ2) is 4.61. The summed E-state index contributed by atoms with van der Waals surface area (Å²) < 4.78 is 0. The highest BCUT2D eigenvalue weighted by Crippen LogP contribution is 2.05. The Balaban J connectivity index is 2.94. The third-order valence-electron chi connectivity index (χ3n) is 2.01. The van der Waals surface area contributed by atoms with Crippen molar-refractivity contribution in [3.05, 3.63) is 48.2 Å². The molecule has 2 nitrogen and oxygen atoms in total. The van der Waals surface area contributed by atoms with Crippen LogP contribution in [0.4, 0.5) is 0 Å². The molecule has 0 saturated heterocycles.